The second-order valence-electron chi connectivity index (χ2n) is 4.03. The van der Waals surface area contributed by atoms with Gasteiger partial charge in [0.05, 0.1) is 0 Å². The summed E-state index contributed by atoms with van der Waals surface area (Å²) in [7, 11) is 1.75. The van der Waals surface area contributed by atoms with E-state index < -0.39 is 0 Å². The van der Waals surface area contributed by atoms with Gasteiger partial charge in [-0.15, -0.1) is 0 Å². The summed E-state index contributed by atoms with van der Waals surface area (Å²) in [5, 5.41) is 0. The Labute approximate surface area is 109 Å². The molecule has 0 N–H and O–H groups in total. The molecule has 1 rings (SSSR count). The first-order chi connectivity index (χ1) is 8.65. The van der Waals surface area contributed by atoms with Gasteiger partial charge in [0, 0.05) is 18.8 Å². The fourth-order valence-electron chi connectivity index (χ4n) is 1.49. The molecular weight excluding hydrogens is 222 g/mol. The normalized spacial score (nSPS) is 12.3. The van der Waals surface area contributed by atoms with Crippen molar-refractivity contribution in [2.75, 3.05) is 7.05 Å². The Kier molecular flexibility index (Phi) is 5.65. The SMILES string of the molecule is C\C=C/C(C)=C\C=C\N(C)C(=O)c1ccccc1. The molecule has 94 valence electrons. The molecule has 0 heterocycles. The van der Waals surface area contributed by atoms with E-state index in [9.17, 15) is 4.79 Å². The zero-order chi connectivity index (χ0) is 13.4. The van der Waals surface area contributed by atoms with Crippen LogP contribution in [0.1, 0.15) is 24.2 Å². The number of hydrogen-bond donors (Lipinski definition) is 0. The van der Waals surface area contributed by atoms with Crippen molar-refractivity contribution in [2.24, 2.45) is 0 Å². The molecule has 0 spiro atoms. The molecular formula is C16H19NO. The summed E-state index contributed by atoms with van der Waals surface area (Å²) in [4.78, 5) is 13.6. The molecule has 0 saturated heterocycles. The zero-order valence-corrected chi connectivity index (χ0v) is 11.1. The van der Waals surface area contributed by atoms with Crippen molar-refractivity contribution in [1.29, 1.82) is 0 Å². The summed E-state index contributed by atoms with van der Waals surface area (Å²) in [5.74, 6) is -0.0102. The third-order valence-electron chi connectivity index (χ3n) is 2.44. The highest BCUT2D eigenvalue weighted by atomic mass is 16.2. The lowest BCUT2D eigenvalue weighted by molar-refractivity contribution is 0.0850. The first kappa shape index (κ1) is 14.0. The maximum absolute atomic E-state index is 12.0. The van der Waals surface area contributed by atoms with Crippen molar-refractivity contribution in [3.8, 4) is 0 Å². The van der Waals surface area contributed by atoms with Gasteiger partial charge < -0.3 is 4.90 Å². The summed E-state index contributed by atoms with van der Waals surface area (Å²) < 4.78 is 0. The summed E-state index contributed by atoms with van der Waals surface area (Å²) in [6.45, 7) is 4.00. The molecule has 0 aliphatic heterocycles. The molecule has 0 unspecified atom stereocenters. The van der Waals surface area contributed by atoms with E-state index in [4.69, 9.17) is 0 Å². The van der Waals surface area contributed by atoms with E-state index >= 15 is 0 Å². The van der Waals surface area contributed by atoms with Gasteiger partial charge in [-0.25, -0.2) is 0 Å². The molecule has 0 saturated carbocycles. The molecule has 1 aromatic carbocycles. The smallest absolute Gasteiger partial charge is 0.257 e. The van der Waals surface area contributed by atoms with Crippen molar-refractivity contribution in [3.05, 3.63) is 72.0 Å². The molecule has 1 aromatic rings. The van der Waals surface area contributed by atoms with Gasteiger partial charge in [-0.3, -0.25) is 4.79 Å². The van der Waals surface area contributed by atoms with Gasteiger partial charge in [0.2, 0.25) is 0 Å². The number of hydrogen-bond acceptors (Lipinski definition) is 1. The largest absolute Gasteiger partial charge is 0.318 e. The molecule has 0 aliphatic carbocycles. The first-order valence-corrected chi connectivity index (χ1v) is 5.95. The highest BCUT2D eigenvalue weighted by molar-refractivity contribution is 5.94. The Morgan fingerprint density at radius 3 is 2.50 bits per heavy atom. The minimum atomic E-state index is -0.0102. The zero-order valence-electron chi connectivity index (χ0n) is 11.1. The number of amides is 1. The van der Waals surface area contributed by atoms with Crippen LogP contribution in [-0.2, 0) is 0 Å². The minimum Gasteiger partial charge on any atom is -0.318 e. The van der Waals surface area contributed by atoms with E-state index in [0.717, 1.165) is 5.57 Å². The van der Waals surface area contributed by atoms with Gasteiger partial charge in [0.1, 0.15) is 0 Å². The predicted molar refractivity (Wildman–Crippen MR) is 76.2 cm³/mol. The van der Waals surface area contributed by atoms with Gasteiger partial charge in [-0.05, 0) is 32.1 Å². The number of allylic oxidation sites excluding steroid dienone is 5. The van der Waals surface area contributed by atoms with Gasteiger partial charge in [0.25, 0.3) is 5.91 Å². The quantitative estimate of drug-likeness (QED) is 0.734. The van der Waals surface area contributed by atoms with Crippen molar-refractivity contribution < 1.29 is 4.79 Å². The Morgan fingerprint density at radius 2 is 1.89 bits per heavy atom. The van der Waals surface area contributed by atoms with Crippen LogP contribution >= 0.6 is 0 Å². The summed E-state index contributed by atoms with van der Waals surface area (Å²) in [6.07, 6.45) is 9.61. The topological polar surface area (TPSA) is 20.3 Å². The lowest BCUT2D eigenvalue weighted by Crippen LogP contribution is -2.20. The average Bonchev–Trinajstić information content (AvgIpc) is 2.39. The summed E-state index contributed by atoms with van der Waals surface area (Å²) in [6, 6.07) is 9.25. The van der Waals surface area contributed by atoms with Gasteiger partial charge in [0.15, 0.2) is 0 Å². The number of carbonyl (C=O) groups excluding carboxylic acids is 1. The van der Waals surface area contributed by atoms with E-state index in [1.165, 1.54) is 0 Å². The summed E-state index contributed by atoms with van der Waals surface area (Å²) in [5.41, 5.74) is 1.84. The van der Waals surface area contributed by atoms with Gasteiger partial charge in [-0.1, -0.05) is 42.0 Å². The lowest BCUT2D eigenvalue weighted by atomic mass is 10.2. The monoisotopic (exact) mass is 241 g/mol. The highest BCUT2D eigenvalue weighted by Gasteiger charge is 2.07. The Hall–Kier alpha value is -2.09. The fourth-order valence-corrected chi connectivity index (χ4v) is 1.49. The Bertz CT molecular complexity index is 469. The molecule has 0 radical (unpaired) electrons. The van der Waals surface area contributed by atoms with E-state index in [-0.39, 0.29) is 5.91 Å². The molecule has 18 heavy (non-hydrogen) atoms. The van der Waals surface area contributed by atoms with Crippen LogP contribution < -0.4 is 0 Å². The molecule has 0 fully saturated rings. The Balaban J connectivity index is 2.66. The average molecular weight is 241 g/mol. The maximum Gasteiger partial charge on any atom is 0.257 e. The maximum atomic E-state index is 12.0. The van der Waals surface area contributed by atoms with Crippen molar-refractivity contribution >= 4 is 5.91 Å². The third kappa shape index (κ3) is 4.42. The van der Waals surface area contributed by atoms with Gasteiger partial charge in [-0.2, -0.15) is 0 Å². The van der Waals surface area contributed by atoms with E-state index in [0.29, 0.717) is 5.56 Å². The van der Waals surface area contributed by atoms with Crippen LogP contribution in [0.3, 0.4) is 0 Å². The summed E-state index contributed by atoms with van der Waals surface area (Å²) >= 11 is 0. The molecule has 0 bridgehead atoms. The number of rotatable bonds is 4. The van der Waals surface area contributed by atoms with Crippen LogP contribution in [0.5, 0.6) is 0 Å². The third-order valence-corrected chi connectivity index (χ3v) is 2.44. The van der Waals surface area contributed by atoms with E-state index in [2.05, 4.69) is 0 Å². The molecule has 2 heteroatoms. The molecule has 1 amide bonds. The standard InChI is InChI=1S/C16H19NO/c1-4-9-14(2)10-8-13-17(3)16(18)15-11-6-5-7-12-15/h4-13H,1-3H3/b9-4-,13-8+,14-10-. The van der Waals surface area contributed by atoms with E-state index in [1.807, 2.05) is 68.5 Å². The molecule has 0 atom stereocenters. The fraction of sp³-hybridized carbons (Fsp3) is 0.188. The van der Waals surface area contributed by atoms with Crippen molar-refractivity contribution in [1.82, 2.24) is 4.90 Å². The second-order valence-corrected chi connectivity index (χ2v) is 4.03. The minimum absolute atomic E-state index is 0.0102. The van der Waals surface area contributed by atoms with Crippen LogP contribution in [0.2, 0.25) is 0 Å². The highest BCUT2D eigenvalue weighted by Crippen LogP contribution is 2.03. The van der Waals surface area contributed by atoms with Crippen LogP contribution in [0.4, 0.5) is 0 Å². The van der Waals surface area contributed by atoms with E-state index in [1.54, 1.807) is 18.1 Å². The van der Waals surface area contributed by atoms with Gasteiger partial charge >= 0.3 is 0 Å². The van der Waals surface area contributed by atoms with Crippen LogP contribution in [0.15, 0.2) is 66.4 Å². The second kappa shape index (κ2) is 7.28. The van der Waals surface area contributed by atoms with Crippen LogP contribution in [0, 0.1) is 0 Å². The molecule has 2 nitrogen and oxygen atoms in total. The lowest BCUT2D eigenvalue weighted by Gasteiger charge is -2.11. The molecule has 0 aliphatic rings. The van der Waals surface area contributed by atoms with Crippen LogP contribution in [0.25, 0.3) is 0 Å². The predicted octanol–water partition coefficient (Wildman–Crippen LogP) is 3.79. The first-order valence-electron chi connectivity index (χ1n) is 5.95. The van der Waals surface area contributed by atoms with Crippen molar-refractivity contribution in [3.63, 3.8) is 0 Å². The number of benzene rings is 1. The number of carbonyl (C=O) groups is 1. The number of nitrogens with zero attached hydrogens (tertiary/aromatic N) is 1. The Morgan fingerprint density at radius 1 is 1.22 bits per heavy atom. The van der Waals surface area contributed by atoms with Crippen molar-refractivity contribution in [2.45, 2.75) is 13.8 Å². The molecule has 0 aromatic heterocycles. The van der Waals surface area contributed by atoms with Crippen LogP contribution in [-0.4, -0.2) is 17.9 Å².